The van der Waals surface area contributed by atoms with Crippen LogP contribution in [0.4, 0.5) is 5.69 Å². The van der Waals surface area contributed by atoms with Gasteiger partial charge in [0.1, 0.15) is 6.04 Å². The molecule has 22 heavy (non-hydrogen) atoms. The van der Waals surface area contributed by atoms with Crippen molar-refractivity contribution in [3.63, 3.8) is 0 Å². The summed E-state index contributed by atoms with van der Waals surface area (Å²) in [5.74, 6) is -1.26. The van der Waals surface area contributed by atoms with Crippen LogP contribution in [0.15, 0.2) is 24.3 Å². The van der Waals surface area contributed by atoms with Crippen LogP contribution in [0.5, 0.6) is 0 Å². The topological polar surface area (TPSA) is 108 Å². The van der Waals surface area contributed by atoms with Crippen molar-refractivity contribution in [3.05, 3.63) is 29.8 Å². The zero-order valence-corrected chi connectivity index (χ0v) is 12.4. The molecule has 0 aliphatic heterocycles. The number of amides is 2. The van der Waals surface area contributed by atoms with E-state index in [1.54, 1.807) is 12.1 Å². The summed E-state index contributed by atoms with van der Waals surface area (Å²) >= 11 is 0. The Morgan fingerprint density at radius 2 is 1.91 bits per heavy atom. The minimum Gasteiger partial charge on any atom is -0.467 e. The lowest BCUT2D eigenvalue weighted by Crippen LogP contribution is -2.41. The molecule has 116 valence electrons. The van der Waals surface area contributed by atoms with Gasteiger partial charge in [0.25, 0.3) is 5.91 Å². The van der Waals surface area contributed by atoms with E-state index in [-0.39, 0.29) is 18.7 Å². The average molecular weight is 303 g/mol. The fraction of sp³-hybridized carbons (Fsp3) is 0.333. The molecule has 1 rings (SSSR count). The highest BCUT2D eigenvalue weighted by Crippen LogP contribution is 2.10. The number of rotatable bonds is 6. The van der Waals surface area contributed by atoms with Crippen molar-refractivity contribution in [2.24, 2.45) is 0 Å². The molecular formula is C15H17N3O4. The number of nitriles is 1. The first-order valence-corrected chi connectivity index (χ1v) is 6.61. The Labute approximate surface area is 128 Å². The van der Waals surface area contributed by atoms with Gasteiger partial charge in [-0.25, -0.2) is 4.79 Å². The lowest BCUT2D eigenvalue weighted by atomic mass is 10.1. The zero-order valence-electron chi connectivity index (χ0n) is 12.4. The second-order valence-electron chi connectivity index (χ2n) is 4.50. The SMILES string of the molecule is COC(=O)[C@H](CCC#N)NC(=O)c1ccc(NC(C)=O)cc1. The summed E-state index contributed by atoms with van der Waals surface area (Å²) in [7, 11) is 1.22. The summed E-state index contributed by atoms with van der Waals surface area (Å²) in [4.78, 5) is 34.6. The number of carbonyl (C=O) groups is 3. The first-order valence-electron chi connectivity index (χ1n) is 6.61. The van der Waals surface area contributed by atoms with Crippen molar-refractivity contribution in [1.29, 1.82) is 5.26 Å². The minimum absolute atomic E-state index is 0.127. The summed E-state index contributed by atoms with van der Waals surface area (Å²) in [5, 5.41) is 13.7. The molecule has 0 bridgehead atoms. The lowest BCUT2D eigenvalue weighted by molar-refractivity contribution is -0.143. The number of anilines is 1. The van der Waals surface area contributed by atoms with E-state index in [0.29, 0.717) is 11.3 Å². The molecule has 7 nitrogen and oxygen atoms in total. The van der Waals surface area contributed by atoms with E-state index in [0.717, 1.165) is 0 Å². The molecule has 0 radical (unpaired) electrons. The minimum atomic E-state index is -0.868. The van der Waals surface area contributed by atoms with Gasteiger partial charge in [-0.2, -0.15) is 5.26 Å². The Morgan fingerprint density at radius 1 is 1.27 bits per heavy atom. The van der Waals surface area contributed by atoms with E-state index in [2.05, 4.69) is 15.4 Å². The molecule has 0 saturated heterocycles. The van der Waals surface area contributed by atoms with Gasteiger partial charge in [0.15, 0.2) is 0 Å². The Morgan fingerprint density at radius 3 is 2.41 bits per heavy atom. The summed E-state index contributed by atoms with van der Waals surface area (Å²) < 4.78 is 4.60. The summed E-state index contributed by atoms with van der Waals surface area (Å²) in [6.45, 7) is 1.39. The van der Waals surface area contributed by atoms with Crippen molar-refractivity contribution in [2.45, 2.75) is 25.8 Å². The number of ether oxygens (including phenoxy) is 1. The van der Waals surface area contributed by atoms with Crippen LogP contribution in [0.2, 0.25) is 0 Å². The van der Waals surface area contributed by atoms with Crippen LogP contribution in [-0.2, 0) is 14.3 Å². The van der Waals surface area contributed by atoms with Gasteiger partial charge in [-0.1, -0.05) is 0 Å². The molecule has 1 atom stereocenters. The monoisotopic (exact) mass is 303 g/mol. The number of nitrogens with zero attached hydrogens (tertiary/aromatic N) is 1. The van der Waals surface area contributed by atoms with Gasteiger partial charge in [-0.15, -0.1) is 0 Å². The van der Waals surface area contributed by atoms with Crippen LogP contribution in [0.1, 0.15) is 30.1 Å². The first kappa shape index (κ1) is 17.2. The standard InChI is InChI=1S/C15H17N3O4/c1-10(19)17-12-7-5-11(6-8-12)14(20)18-13(4-3-9-16)15(21)22-2/h5-8,13H,3-4H2,1-2H3,(H,17,19)(H,18,20)/t13-/m0/s1. The molecule has 0 aliphatic rings. The van der Waals surface area contributed by atoms with Crippen molar-refractivity contribution in [2.75, 3.05) is 12.4 Å². The molecular weight excluding hydrogens is 286 g/mol. The van der Waals surface area contributed by atoms with Crippen LogP contribution in [-0.4, -0.2) is 30.9 Å². The fourth-order valence-electron chi connectivity index (χ4n) is 1.75. The molecule has 2 amide bonds. The number of nitrogens with one attached hydrogen (secondary N) is 2. The third-order valence-electron chi connectivity index (χ3n) is 2.80. The van der Waals surface area contributed by atoms with Crippen LogP contribution in [0.3, 0.4) is 0 Å². The maximum Gasteiger partial charge on any atom is 0.328 e. The normalized spacial score (nSPS) is 11.0. The molecule has 0 unspecified atom stereocenters. The lowest BCUT2D eigenvalue weighted by Gasteiger charge is -2.15. The Bertz CT molecular complexity index is 590. The van der Waals surface area contributed by atoms with Gasteiger partial charge < -0.3 is 15.4 Å². The van der Waals surface area contributed by atoms with E-state index in [1.807, 2.05) is 6.07 Å². The first-order chi connectivity index (χ1) is 10.5. The van der Waals surface area contributed by atoms with Gasteiger partial charge in [-0.05, 0) is 30.7 Å². The number of esters is 1. The van der Waals surface area contributed by atoms with Gasteiger partial charge >= 0.3 is 5.97 Å². The Kier molecular flexibility index (Phi) is 6.57. The van der Waals surface area contributed by atoms with E-state index >= 15 is 0 Å². The summed E-state index contributed by atoms with van der Waals surface area (Å²) in [6.07, 6.45) is 0.306. The number of methoxy groups -OCH3 is 1. The highest BCUT2D eigenvalue weighted by molar-refractivity contribution is 5.97. The highest BCUT2D eigenvalue weighted by Gasteiger charge is 2.21. The van der Waals surface area contributed by atoms with Crippen LogP contribution < -0.4 is 10.6 Å². The quantitative estimate of drug-likeness (QED) is 0.768. The molecule has 1 aromatic carbocycles. The van der Waals surface area contributed by atoms with Crippen molar-refractivity contribution >= 4 is 23.5 Å². The van der Waals surface area contributed by atoms with Crippen LogP contribution in [0.25, 0.3) is 0 Å². The number of carbonyl (C=O) groups excluding carboxylic acids is 3. The number of benzene rings is 1. The predicted molar refractivity (Wildman–Crippen MR) is 78.9 cm³/mol. The Hall–Kier alpha value is -2.88. The van der Waals surface area contributed by atoms with Crippen LogP contribution >= 0.6 is 0 Å². The maximum atomic E-state index is 12.1. The molecule has 0 fully saturated rings. The zero-order chi connectivity index (χ0) is 16.5. The number of hydrogen-bond donors (Lipinski definition) is 2. The third-order valence-corrected chi connectivity index (χ3v) is 2.80. The van der Waals surface area contributed by atoms with Crippen molar-refractivity contribution < 1.29 is 19.1 Å². The van der Waals surface area contributed by atoms with Gasteiger partial charge in [0.05, 0.1) is 13.2 Å². The highest BCUT2D eigenvalue weighted by atomic mass is 16.5. The predicted octanol–water partition coefficient (Wildman–Crippen LogP) is 1.22. The summed E-state index contributed by atoms with van der Waals surface area (Å²) in [5.41, 5.74) is 0.901. The molecule has 1 aromatic rings. The van der Waals surface area contributed by atoms with Crippen LogP contribution in [0, 0.1) is 11.3 Å². The number of hydrogen-bond acceptors (Lipinski definition) is 5. The molecule has 0 aromatic heterocycles. The maximum absolute atomic E-state index is 12.1. The van der Waals surface area contributed by atoms with Gasteiger partial charge in [0, 0.05) is 24.6 Å². The van der Waals surface area contributed by atoms with Crippen molar-refractivity contribution in [3.8, 4) is 6.07 Å². The van der Waals surface area contributed by atoms with E-state index in [4.69, 9.17) is 5.26 Å². The third kappa shape index (κ3) is 5.25. The smallest absolute Gasteiger partial charge is 0.328 e. The molecule has 0 aliphatic carbocycles. The molecule has 2 N–H and O–H groups in total. The Balaban J connectivity index is 2.74. The summed E-state index contributed by atoms with van der Waals surface area (Å²) in [6, 6.07) is 7.27. The fourth-order valence-corrected chi connectivity index (χ4v) is 1.75. The van der Waals surface area contributed by atoms with Gasteiger partial charge in [-0.3, -0.25) is 9.59 Å². The second kappa shape index (κ2) is 8.42. The molecule has 7 heteroatoms. The van der Waals surface area contributed by atoms with E-state index in [1.165, 1.54) is 26.2 Å². The average Bonchev–Trinajstić information content (AvgIpc) is 2.50. The van der Waals surface area contributed by atoms with Gasteiger partial charge in [0.2, 0.25) is 5.91 Å². The van der Waals surface area contributed by atoms with E-state index in [9.17, 15) is 14.4 Å². The van der Waals surface area contributed by atoms with Crippen molar-refractivity contribution in [1.82, 2.24) is 5.32 Å². The largest absolute Gasteiger partial charge is 0.467 e. The molecule has 0 spiro atoms. The second-order valence-corrected chi connectivity index (χ2v) is 4.50. The van der Waals surface area contributed by atoms with E-state index < -0.39 is 17.9 Å². The molecule has 0 heterocycles. The molecule has 0 saturated carbocycles.